The van der Waals surface area contributed by atoms with Crippen LogP contribution in [-0.2, 0) is 4.79 Å². The van der Waals surface area contributed by atoms with Gasteiger partial charge in [0.1, 0.15) is 11.5 Å². The SMILES string of the molecule is C=C=C(/C=C\C(=C)C(C)=O)c1ccc(Oc2ccc(C)cc2)cc1. The van der Waals surface area contributed by atoms with Gasteiger partial charge < -0.3 is 4.74 Å². The monoisotopic (exact) mass is 316 g/mol. The Hall–Kier alpha value is -3.09. The normalized spacial score (nSPS) is 10.2. The van der Waals surface area contributed by atoms with Crippen LogP contribution < -0.4 is 4.74 Å². The van der Waals surface area contributed by atoms with Gasteiger partial charge >= 0.3 is 0 Å². The van der Waals surface area contributed by atoms with Crippen molar-refractivity contribution in [2.45, 2.75) is 13.8 Å². The zero-order valence-corrected chi connectivity index (χ0v) is 14.0. The molecule has 0 aliphatic rings. The number of aryl methyl sites for hydroxylation is 1. The minimum atomic E-state index is -0.0588. The third-order valence-electron chi connectivity index (χ3n) is 3.52. The molecule has 0 N–H and O–H groups in total. The van der Waals surface area contributed by atoms with Crippen molar-refractivity contribution in [1.82, 2.24) is 0 Å². The van der Waals surface area contributed by atoms with Crippen LogP contribution in [0.25, 0.3) is 5.57 Å². The van der Waals surface area contributed by atoms with E-state index in [0.717, 1.165) is 22.6 Å². The summed E-state index contributed by atoms with van der Waals surface area (Å²) in [4.78, 5) is 11.2. The van der Waals surface area contributed by atoms with Gasteiger partial charge in [0.2, 0.25) is 0 Å². The van der Waals surface area contributed by atoms with Crippen LogP contribution in [0.4, 0.5) is 0 Å². The highest BCUT2D eigenvalue weighted by atomic mass is 16.5. The molecule has 0 aliphatic carbocycles. The zero-order chi connectivity index (χ0) is 17.5. The molecule has 0 heterocycles. The van der Waals surface area contributed by atoms with Crippen LogP contribution in [0.2, 0.25) is 0 Å². The number of carbonyl (C=O) groups excluding carboxylic acids is 1. The number of ether oxygens (including phenoxy) is 1. The third kappa shape index (κ3) is 4.70. The number of rotatable bonds is 6. The van der Waals surface area contributed by atoms with Crippen molar-refractivity contribution in [3.8, 4) is 11.5 Å². The van der Waals surface area contributed by atoms with E-state index in [1.807, 2.05) is 55.5 Å². The molecule has 2 aromatic rings. The number of hydrogen-bond acceptors (Lipinski definition) is 2. The maximum absolute atomic E-state index is 11.2. The van der Waals surface area contributed by atoms with Gasteiger partial charge in [-0.1, -0.05) is 49.1 Å². The summed E-state index contributed by atoms with van der Waals surface area (Å²) in [5.74, 6) is 1.49. The molecule has 0 amide bonds. The number of carbonyl (C=O) groups is 1. The Balaban J connectivity index is 2.12. The van der Waals surface area contributed by atoms with Crippen LogP contribution in [0.5, 0.6) is 11.5 Å². The van der Waals surface area contributed by atoms with Gasteiger partial charge in [-0.3, -0.25) is 4.79 Å². The number of ketones is 1. The standard InChI is InChI=1S/C22H20O2/c1-5-19(9-8-17(3)18(4)23)20-10-14-22(15-11-20)24-21-12-6-16(2)7-13-21/h6-15H,1,3H2,2,4H3/b9-8-. The van der Waals surface area contributed by atoms with E-state index in [-0.39, 0.29) is 5.78 Å². The van der Waals surface area contributed by atoms with Crippen LogP contribution in [-0.4, -0.2) is 5.78 Å². The van der Waals surface area contributed by atoms with E-state index in [4.69, 9.17) is 4.74 Å². The van der Waals surface area contributed by atoms with E-state index in [9.17, 15) is 4.79 Å². The summed E-state index contributed by atoms with van der Waals surface area (Å²) >= 11 is 0. The molecule has 2 heteroatoms. The lowest BCUT2D eigenvalue weighted by Gasteiger charge is -2.07. The summed E-state index contributed by atoms with van der Waals surface area (Å²) < 4.78 is 5.81. The lowest BCUT2D eigenvalue weighted by atomic mass is 10.0. The molecule has 0 bridgehead atoms. The van der Waals surface area contributed by atoms with Crippen LogP contribution in [0.15, 0.2) is 85.1 Å². The first kappa shape index (κ1) is 17.3. The fourth-order valence-corrected chi connectivity index (χ4v) is 2.00. The highest BCUT2D eigenvalue weighted by Crippen LogP contribution is 2.24. The van der Waals surface area contributed by atoms with E-state index < -0.39 is 0 Å². The molecule has 0 atom stereocenters. The van der Waals surface area contributed by atoms with Crippen molar-refractivity contribution >= 4 is 11.4 Å². The Bertz CT molecular complexity index is 815. The summed E-state index contributed by atoms with van der Waals surface area (Å²) in [7, 11) is 0. The van der Waals surface area contributed by atoms with Gasteiger partial charge in [-0.05, 0) is 49.8 Å². The molecule has 0 aliphatic heterocycles. The van der Waals surface area contributed by atoms with Crippen molar-refractivity contribution < 1.29 is 9.53 Å². The van der Waals surface area contributed by atoms with Crippen LogP contribution in [0.1, 0.15) is 18.1 Å². The van der Waals surface area contributed by atoms with Gasteiger partial charge in [-0.15, -0.1) is 5.73 Å². The Morgan fingerprint density at radius 3 is 2.04 bits per heavy atom. The molecular formula is C22H20O2. The number of Topliss-reactive ketones (excluding diaryl/α,β-unsaturated/α-hetero) is 1. The average Bonchev–Trinajstić information content (AvgIpc) is 2.58. The minimum Gasteiger partial charge on any atom is -0.457 e. The van der Waals surface area contributed by atoms with E-state index in [2.05, 4.69) is 18.9 Å². The molecule has 0 spiro atoms. The molecule has 0 fully saturated rings. The second kappa shape index (κ2) is 7.96. The Labute approximate surface area is 143 Å². The zero-order valence-electron chi connectivity index (χ0n) is 14.0. The summed E-state index contributed by atoms with van der Waals surface area (Å²) in [6, 6.07) is 15.5. The van der Waals surface area contributed by atoms with Crippen molar-refractivity contribution in [3.63, 3.8) is 0 Å². The first-order valence-electron chi connectivity index (χ1n) is 7.62. The van der Waals surface area contributed by atoms with Gasteiger partial charge in [0.15, 0.2) is 5.78 Å². The van der Waals surface area contributed by atoms with E-state index in [1.165, 1.54) is 12.5 Å². The van der Waals surface area contributed by atoms with Crippen LogP contribution >= 0.6 is 0 Å². The van der Waals surface area contributed by atoms with Crippen LogP contribution in [0.3, 0.4) is 0 Å². The van der Waals surface area contributed by atoms with Gasteiger partial charge in [0.25, 0.3) is 0 Å². The first-order valence-corrected chi connectivity index (χ1v) is 7.62. The Kier molecular flexibility index (Phi) is 5.73. The molecule has 0 aromatic heterocycles. The summed E-state index contributed by atoms with van der Waals surface area (Å²) in [5, 5.41) is 0. The summed E-state index contributed by atoms with van der Waals surface area (Å²) in [6.45, 7) is 10.9. The quantitative estimate of drug-likeness (QED) is 0.390. The highest BCUT2D eigenvalue weighted by Gasteiger charge is 2.01. The molecule has 0 radical (unpaired) electrons. The maximum Gasteiger partial charge on any atom is 0.159 e. The molecule has 2 nitrogen and oxygen atoms in total. The highest BCUT2D eigenvalue weighted by molar-refractivity contribution is 5.96. The van der Waals surface area contributed by atoms with Crippen LogP contribution in [0, 0.1) is 6.92 Å². The number of hydrogen-bond donors (Lipinski definition) is 0. The second-order valence-corrected chi connectivity index (χ2v) is 5.44. The van der Waals surface area contributed by atoms with Gasteiger partial charge in [-0.2, -0.15) is 0 Å². The van der Waals surface area contributed by atoms with Crippen molar-refractivity contribution in [2.75, 3.05) is 0 Å². The van der Waals surface area contributed by atoms with E-state index in [0.29, 0.717) is 5.57 Å². The fraction of sp³-hybridized carbons (Fsp3) is 0.0909. The van der Waals surface area contributed by atoms with Gasteiger partial charge in [0, 0.05) is 11.1 Å². The van der Waals surface area contributed by atoms with E-state index >= 15 is 0 Å². The maximum atomic E-state index is 11.2. The molecule has 0 unspecified atom stereocenters. The van der Waals surface area contributed by atoms with Crippen molar-refractivity contribution in [2.24, 2.45) is 0 Å². The van der Waals surface area contributed by atoms with Gasteiger partial charge in [0.05, 0.1) is 0 Å². The molecule has 0 saturated carbocycles. The fourth-order valence-electron chi connectivity index (χ4n) is 2.00. The van der Waals surface area contributed by atoms with Crippen molar-refractivity contribution in [3.05, 3.63) is 96.3 Å². The topological polar surface area (TPSA) is 26.3 Å². The number of allylic oxidation sites excluding steroid dienone is 4. The smallest absolute Gasteiger partial charge is 0.159 e. The van der Waals surface area contributed by atoms with Gasteiger partial charge in [-0.25, -0.2) is 0 Å². The average molecular weight is 316 g/mol. The number of benzene rings is 2. The summed E-state index contributed by atoms with van der Waals surface area (Å²) in [6.07, 6.45) is 3.46. The predicted molar refractivity (Wildman–Crippen MR) is 99.2 cm³/mol. The molecule has 2 rings (SSSR count). The molecule has 120 valence electrons. The first-order chi connectivity index (χ1) is 11.5. The molecular weight excluding hydrogens is 296 g/mol. The third-order valence-corrected chi connectivity index (χ3v) is 3.52. The molecule has 0 saturated heterocycles. The molecule has 2 aromatic carbocycles. The molecule has 24 heavy (non-hydrogen) atoms. The lowest BCUT2D eigenvalue weighted by molar-refractivity contribution is -0.113. The largest absolute Gasteiger partial charge is 0.457 e. The predicted octanol–water partition coefficient (Wildman–Crippen LogP) is 5.66. The second-order valence-electron chi connectivity index (χ2n) is 5.44. The minimum absolute atomic E-state index is 0.0588. The summed E-state index contributed by atoms with van der Waals surface area (Å²) in [5.41, 5.74) is 6.24. The van der Waals surface area contributed by atoms with Crippen molar-refractivity contribution in [1.29, 1.82) is 0 Å². The Morgan fingerprint density at radius 2 is 1.54 bits per heavy atom. The van der Waals surface area contributed by atoms with E-state index in [1.54, 1.807) is 12.2 Å². The lowest BCUT2D eigenvalue weighted by Crippen LogP contribution is -1.90. The Morgan fingerprint density at radius 1 is 1.00 bits per heavy atom.